The summed E-state index contributed by atoms with van der Waals surface area (Å²) in [6.45, 7) is 2.25. The van der Waals surface area contributed by atoms with Gasteiger partial charge in [-0.05, 0) is 36.8 Å². The molecular formula is C11H17NS. The molecule has 2 rings (SSSR count). The van der Waals surface area contributed by atoms with Crippen LogP contribution in [0.1, 0.15) is 30.6 Å². The van der Waals surface area contributed by atoms with Crippen LogP contribution < -0.4 is 5.32 Å². The fourth-order valence-corrected chi connectivity index (χ4v) is 2.22. The van der Waals surface area contributed by atoms with Crippen LogP contribution in [0.25, 0.3) is 0 Å². The Morgan fingerprint density at radius 3 is 3.08 bits per heavy atom. The molecule has 0 aromatic carbocycles. The number of nitrogens with one attached hydrogen (secondary N) is 1. The number of rotatable bonds is 6. The maximum absolute atomic E-state index is 3.48. The Kier molecular flexibility index (Phi) is 3.39. The average Bonchev–Trinajstić information content (AvgIpc) is 2.81. The second-order valence-corrected chi connectivity index (χ2v) is 4.87. The third-order valence-corrected chi connectivity index (χ3v) is 3.42. The fourth-order valence-electron chi connectivity index (χ4n) is 1.55. The van der Waals surface area contributed by atoms with E-state index in [-0.39, 0.29) is 0 Å². The largest absolute Gasteiger partial charge is 0.312 e. The molecule has 1 aromatic rings. The molecule has 1 saturated carbocycles. The monoisotopic (exact) mass is 195 g/mol. The summed E-state index contributed by atoms with van der Waals surface area (Å²) < 4.78 is 0. The van der Waals surface area contributed by atoms with Gasteiger partial charge in [0.25, 0.3) is 0 Å². The SMILES string of the molecule is c1csc(CNCCCC2CC2)c1. The number of hydrogen-bond donors (Lipinski definition) is 1. The molecule has 0 aliphatic heterocycles. The van der Waals surface area contributed by atoms with E-state index in [0.717, 1.165) is 12.5 Å². The van der Waals surface area contributed by atoms with Gasteiger partial charge in [0.05, 0.1) is 0 Å². The molecule has 72 valence electrons. The van der Waals surface area contributed by atoms with Crippen LogP contribution in [-0.2, 0) is 6.54 Å². The summed E-state index contributed by atoms with van der Waals surface area (Å²) in [5.74, 6) is 1.09. The predicted octanol–water partition coefficient (Wildman–Crippen LogP) is 3.03. The molecule has 1 nitrogen and oxygen atoms in total. The lowest BCUT2D eigenvalue weighted by Gasteiger charge is -2.01. The van der Waals surface area contributed by atoms with E-state index in [9.17, 15) is 0 Å². The summed E-state index contributed by atoms with van der Waals surface area (Å²) in [5, 5.41) is 5.62. The molecule has 13 heavy (non-hydrogen) atoms. The van der Waals surface area contributed by atoms with E-state index in [1.54, 1.807) is 0 Å². The zero-order valence-corrected chi connectivity index (χ0v) is 8.78. The first kappa shape index (κ1) is 9.22. The van der Waals surface area contributed by atoms with Crippen LogP contribution in [0.2, 0.25) is 0 Å². The molecule has 1 aliphatic rings. The van der Waals surface area contributed by atoms with Crippen molar-refractivity contribution in [1.82, 2.24) is 5.32 Å². The lowest BCUT2D eigenvalue weighted by Crippen LogP contribution is -2.13. The molecule has 0 amide bonds. The quantitative estimate of drug-likeness (QED) is 0.688. The van der Waals surface area contributed by atoms with E-state index in [1.165, 1.54) is 37.1 Å². The average molecular weight is 195 g/mol. The molecule has 0 bridgehead atoms. The summed E-state index contributed by atoms with van der Waals surface area (Å²) in [6, 6.07) is 4.31. The zero-order chi connectivity index (χ0) is 8.93. The molecule has 0 unspecified atom stereocenters. The summed E-state index contributed by atoms with van der Waals surface area (Å²) in [7, 11) is 0. The third kappa shape index (κ3) is 3.49. The molecule has 1 N–H and O–H groups in total. The lowest BCUT2D eigenvalue weighted by atomic mass is 10.2. The Morgan fingerprint density at radius 1 is 1.46 bits per heavy atom. The molecule has 1 aromatic heterocycles. The molecule has 1 aliphatic carbocycles. The number of thiophene rings is 1. The van der Waals surface area contributed by atoms with Gasteiger partial charge in [-0.2, -0.15) is 0 Å². The predicted molar refractivity (Wildman–Crippen MR) is 58.0 cm³/mol. The first-order valence-corrected chi connectivity index (χ1v) is 6.06. The van der Waals surface area contributed by atoms with Crippen molar-refractivity contribution in [2.24, 2.45) is 5.92 Å². The maximum Gasteiger partial charge on any atom is 0.0299 e. The maximum atomic E-state index is 3.48. The lowest BCUT2D eigenvalue weighted by molar-refractivity contribution is 0.596. The highest BCUT2D eigenvalue weighted by Crippen LogP contribution is 2.33. The Balaban J connectivity index is 1.48. The molecular weight excluding hydrogens is 178 g/mol. The van der Waals surface area contributed by atoms with Gasteiger partial charge in [0.15, 0.2) is 0 Å². The first-order valence-electron chi connectivity index (χ1n) is 5.18. The van der Waals surface area contributed by atoms with Gasteiger partial charge in [0.2, 0.25) is 0 Å². The smallest absolute Gasteiger partial charge is 0.0299 e. The van der Waals surface area contributed by atoms with Gasteiger partial charge in [-0.1, -0.05) is 18.9 Å². The molecule has 0 saturated heterocycles. The molecule has 1 heterocycles. The summed E-state index contributed by atoms with van der Waals surface area (Å²) >= 11 is 1.84. The standard InChI is InChI=1S/C11H17NS/c1(3-10-5-6-10)7-12-9-11-4-2-8-13-11/h2,4,8,10,12H,1,3,5-7,9H2. The van der Waals surface area contributed by atoms with Crippen molar-refractivity contribution in [3.63, 3.8) is 0 Å². The van der Waals surface area contributed by atoms with E-state index < -0.39 is 0 Å². The molecule has 0 radical (unpaired) electrons. The Labute approximate surface area is 84.2 Å². The minimum absolute atomic E-state index is 1.06. The van der Waals surface area contributed by atoms with E-state index >= 15 is 0 Å². The Bertz CT molecular complexity index is 226. The van der Waals surface area contributed by atoms with Crippen LogP contribution in [0.4, 0.5) is 0 Å². The Morgan fingerprint density at radius 2 is 2.38 bits per heavy atom. The summed E-state index contributed by atoms with van der Waals surface area (Å²) in [6.07, 6.45) is 5.78. The van der Waals surface area contributed by atoms with Gasteiger partial charge < -0.3 is 5.32 Å². The van der Waals surface area contributed by atoms with E-state index in [1.807, 2.05) is 11.3 Å². The van der Waals surface area contributed by atoms with E-state index in [2.05, 4.69) is 22.8 Å². The summed E-state index contributed by atoms with van der Waals surface area (Å²) in [4.78, 5) is 1.45. The minimum atomic E-state index is 1.06. The second kappa shape index (κ2) is 4.77. The topological polar surface area (TPSA) is 12.0 Å². The zero-order valence-electron chi connectivity index (χ0n) is 7.96. The van der Waals surface area contributed by atoms with Gasteiger partial charge in [0, 0.05) is 11.4 Å². The van der Waals surface area contributed by atoms with Crippen molar-refractivity contribution in [2.75, 3.05) is 6.54 Å². The van der Waals surface area contributed by atoms with Gasteiger partial charge in [-0.3, -0.25) is 0 Å². The van der Waals surface area contributed by atoms with Crippen molar-refractivity contribution >= 4 is 11.3 Å². The fraction of sp³-hybridized carbons (Fsp3) is 0.636. The van der Waals surface area contributed by atoms with Crippen molar-refractivity contribution < 1.29 is 0 Å². The highest BCUT2D eigenvalue weighted by atomic mass is 32.1. The van der Waals surface area contributed by atoms with Crippen LogP contribution in [0.15, 0.2) is 17.5 Å². The van der Waals surface area contributed by atoms with E-state index in [4.69, 9.17) is 0 Å². The minimum Gasteiger partial charge on any atom is -0.312 e. The Hall–Kier alpha value is -0.340. The van der Waals surface area contributed by atoms with Crippen LogP contribution in [0, 0.1) is 5.92 Å². The molecule has 2 heteroatoms. The highest BCUT2D eigenvalue weighted by Gasteiger charge is 2.19. The molecule has 0 spiro atoms. The van der Waals surface area contributed by atoms with Crippen molar-refractivity contribution in [2.45, 2.75) is 32.2 Å². The van der Waals surface area contributed by atoms with Gasteiger partial charge in [0.1, 0.15) is 0 Å². The normalized spacial score (nSPS) is 16.3. The second-order valence-electron chi connectivity index (χ2n) is 3.84. The van der Waals surface area contributed by atoms with Gasteiger partial charge >= 0.3 is 0 Å². The van der Waals surface area contributed by atoms with E-state index in [0.29, 0.717) is 0 Å². The van der Waals surface area contributed by atoms with Crippen molar-refractivity contribution in [3.05, 3.63) is 22.4 Å². The first-order chi connectivity index (χ1) is 6.45. The van der Waals surface area contributed by atoms with Gasteiger partial charge in [-0.15, -0.1) is 11.3 Å². The van der Waals surface area contributed by atoms with Crippen LogP contribution >= 0.6 is 11.3 Å². The van der Waals surface area contributed by atoms with Crippen molar-refractivity contribution in [3.8, 4) is 0 Å². The van der Waals surface area contributed by atoms with Crippen LogP contribution in [0.3, 0.4) is 0 Å². The van der Waals surface area contributed by atoms with Crippen LogP contribution in [0.5, 0.6) is 0 Å². The molecule has 1 fully saturated rings. The summed E-state index contributed by atoms with van der Waals surface area (Å²) in [5.41, 5.74) is 0. The third-order valence-electron chi connectivity index (χ3n) is 2.54. The van der Waals surface area contributed by atoms with Crippen LogP contribution in [-0.4, -0.2) is 6.54 Å². The highest BCUT2D eigenvalue weighted by molar-refractivity contribution is 7.09. The van der Waals surface area contributed by atoms with Gasteiger partial charge in [-0.25, -0.2) is 0 Å². The number of hydrogen-bond acceptors (Lipinski definition) is 2. The van der Waals surface area contributed by atoms with Crippen molar-refractivity contribution in [1.29, 1.82) is 0 Å². The molecule has 0 atom stereocenters.